The molecule has 5 saturated carbocycles. The van der Waals surface area contributed by atoms with Gasteiger partial charge in [-0.05, 0) is 133 Å². The van der Waals surface area contributed by atoms with E-state index in [-0.39, 0.29) is 12.4 Å². The Labute approximate surface area is 369 Å². The molecule has 0 spiro atoms. The van der Waals surface area contributed by atoms with E-state index < -0.39 is 68.3 Å². The molecule has 0 N–H and O–H groups in total. The van der Waals surface area contributed by atoms with Crippen molar-refractivity contribution < 1.29 is 65.6 Å². The molecule has 4 bridgehead atoms. The van der Waals surface area contributed by atoms with E-state index in [1.54, 1.807) is 72.1 Å². The SMILES string of the molecule is CCOC(C)O[C@@H]1[C@H]2OC(C)(C)O[C@H]2C(OP(=O)(OC)Oc2ccc(COc3c(/C=C/C(=O)OC)ccc(C(OC)=C4C5CC6CC(C5)CC4C6)c3Cl)cc2)[C@@H]2OC(C)(C)O[C@@H]12. The van der Waals surface area contributed by atoms with Gasteiger partial charge in [-0.15, -0.1) is 0 Å². The van der Waals surface area contributed by atoms with Crippen LogP contribution in [0.5, 0.6) is 11.5 Å². The first-order chi connectivity index (χ1) is 29.5. The van der Waals surface area contributed by atoms with Crippen LogP contribution in [-0.4, -0.2) is 88.4 Å². The van der Waals surface area contributed by atoms with Gasteiger partial charge in [0, 0.05) is 30.9 Å². The number of methoxy groups -OCH3 is 2. The highest BCUT2D eigenvalue weighted by Crippen LogP contribution is 2.59. The smallest absolute Gasteiger partial charge is 0.496 e. The van der Waals surface area contributed by atoms with Crippen LogP contribution in [0.25, 0.3) is 11.8 Å². The molecule has 2 heterocycles. The third-order valence-corrected chi connectivity index (χ3v) is 14.6. The summed E-state index contributed by atoms with van der Waals surface area (Å²) in [6, 6.07) is 10.7. The molecule has 340 valence electrons. The highest BCUT2D eigenvalue weighted by molar-refractivity contribution is 7.48. The second-order valence-corrected chi connectivity index (χ2v) is 20.0. The van der Waals surface area contributed by atoms with E-state index in [2.05, 4.69) is 0 Å². The van der Waals surface area contributed by atoms with Crippen molar-refractivity contribution in [2.45, 2.75) is 135 Å². The Morgan fingerprint density at radius 1 is 0.839 bits per heavy atom. The number of rotatable bonds is 16. The van der Waals surface area contributed by atoms with Gasteiger partial charge in [0.15, 0.2) is 17.9 Å². The lowest BCUT2D eigenvalue weighted by molar-refractivity contribution is -0.239. The molecule has 0 radical (unpaired) electrons. The lowest BCUT2D eigenvalue weighted by atomic mass is 9.54. The quantitative estimate of drug-likeness (QED) is 0.0519. The second-order valence-electron chi connectivity index (χ2n) is 18.0. The van der Waals surface area contributed by atoms with Crippen LogP contribution >= 0.6 is 19.4 Å². The van der Waals surface area contributed by atoms with Gasteiger partial charge < -0.3 is 47.2 Å². The van der Waals surface area contributed by atoms with E-state index in [0.29, 0.717) is 34.8 Å². The zero-order valence-corrected chi connectivity index (χ0v) is 38.6. The topological polar surface area (TPSA) is 145 Å². The minimum atomic E-state index is -4.33. The number of phosphoric acid groups is 1. The van der Waals surface area contributed by atoms with Gasteiger partial charge in [0.2, 0.25) is 0 Å². The maximum atomic E-state index is 14.4. The summed E-state index contributed by atoms with van der Waals surface area (Å²) in [5.41, 5.74) is 3.48. The number of halogens is 1. The molecule has 62 heavy (non-hydrogen) atoms. The highest BCUT2D eigenvalue weighted by Gasteiger charge is 2.66. The Balaban J connectivity index is 1.01. The fourth-order valence-electron chi connectivity index (χ4n) is 10.7. The van der Waals surface area contributed by atoms with E-state index in [1.807, 2.05) is 19.1 Å². The van der Waals surface area contributed by atoms with Crippen LogP contribution in [0.1, 0.15) is 90.3 Å². The molecule has 0 aromatic heterocycles. The molecular formula is C46H60ClO14P. The number of carbonyl (C=O) groups is 1. The number of hydrogen-bond donors (Lipinski definition) is 0. The van der Waals surface area contributed by atoms with Crippen LogP contribution < -0.4 is 9.26 Å². The highest BCUT2D eigenvalue weighted by atomic mass is 35.5. The van der Waals surface area contributed by atoms with Crippen molar-refractivity contribution in [3.8, 4) is 11.5 Å². The van der Waals surface area contributed by atoms with Gasteiger partial charge in [-0.2, -0.15) is 0 Å². The number of fused-ring (bicyclic) bond motifs is 2. The van der Waals surface area contributed by atoms with Crippen LogP contribution in [0.3, 0.4) is 0 Å². The molecule has 0 amide bonds. The van der Waals surface area contributed by atoms with Crippen LogP contribution in [-0.2, 0) is 62.9 Å². The summed E-state index contributed by atoms with van der Waals surface area (Å²) in [5, 5.41) is 0.391. The Morgan fingerprint density at radius 3 is 1.95 bits per heavy atom. The molecule has 8 atom stereocenters. The predicted octanol–water partition coefficient (Wildman–Crippen LogP) is 9.26. The van der Waals surface area contributed by atoms with Gasteiger partial charge in [-0.1, -0.05) is 29.8 Å². The zero-order chi connectivity index (χ0) is 44.1. The standard InChI is InChI=1S/C46H60ClO14P/c1-10-53-25(2)55-39-40-42(58-45(3,4)56-40)44(43-41(39)57-46(5,6)59-43)61-62(49,52-9)60-32-15-11-26(12-16-32)24-54-37-29(14-18-34(48)50-7)13-17-33(36(37)47)38(51-8)35-30-20-27-19-28(22-30)23-31(35)21-27/h11-18,25,27-28,30-31,39-44H,10,19-24H2,1-9H3/b18-14+,38-35?/t25?,27?,28?,30?,31?,39-,40-,41+,42-,43-,44?,62?/m1/s1. The van der Waals surface area contributed by atoms with Gasteiger partial charge in [0.05, 0.1) is 19.2 Å². The second kappa shape index (κ2) is 18.1. The van der Waals surface area contributed by atoms with Crippen molar-refractivity contribution in [1.82, 2.24) is 0 Å². The van der Waals surface area contributed by atoms with Gasteiger partial charge in [0.25, 0.3) is 0 Å². The van der Waals surface area contributed by atoms with Crippen molar-refractivity contribution in [3.63, 3.8) is 0 Å². The number of ether oxygens (including phenoxy) is 9. The average Bonchev–Trinajstić information content (AvgIpc) is 3.74. The predicted molar refractivity (Wildman–Crippen MR) is 228 cm³/mol. The minimum absolute atomic E-state index is 0.105. The third-order valence-electron chi connectivity index (χ3n) is 12.8. The van der Waals surface area contributed by atoms with Crippen LogP contribution in [0.15, 0.2) is 48.0 Å². The first-order valence-corrected chi connectivity index (χ1v) is 23.5. The van der Waals surface area contributed by atoms with Crippen LogP contribution in [0, 0.1) is 23.7 Å². The maximum Gasteiger partial charge on any atom is 0.530 e. The van der Waals surface area contributed by atoms with Crippen molar-refractivity contribution >= 4 is 37.2 Å². The molecule has 2 aromatic rings. The van der Waals surface area contributed by atoms with Crippen LogP contribution in [0.2, 0.25) is 5.02 Å². The summed E-state index contributed by atoms with van der Waals surface area (Å²) >= 11 is 7.24. The molecule has 5 aliphatic carbocycles. The summed E-state index contributed by atoms with van der Waals surface area (Å²) in [4.78, 5) is 12.1. The fraction of sp³-hybridized carbons (Fsp3) is 0.630. The third kappa shape index (κ3) is 9.38. The number of phosphoric ester groups is 1. The molecule has 9 rings (SSSR count). The normalized spacial score (nSPS) is 32.8. The number of allylic oxidation sites excluding steroid dienone is 1. The molecule has 7 fully saturated rings. The number of benzene rings is 2. The average molecular weight is 903 g/mol. The molecule has 2 aliphatic heterocycles. The first kappa shape index (κ1) is 45.6. The molecule has 3 unspecified atom stereocenters. The molecule has 2 aromatic carbocycles. The van der Waals surface area contributed by atoms with E-state index in [1.165, 1.54) is 58.0 Å². The lowest BCUT2D eigenvalue weighted by Gasteiger charge is -2.51. The molecule has 16 heteroatoms. The van der Waals surface area contributed by atoms with Crippen molar-refractivity contribution in [2.24, 2.45) is 23.7 Å². The molecule has 14 nitrogen and oxygen atoms in total. The largest absolute Gasteiger partial charge is 0.530 e. The van der Waals surface area contributed by atoms with Gasteiger partial charge in [-0.25, -0.2) is 9.36 Å². The first-order valence-electron chi connectivity index (χ1n) is 21.6. The van der Waals surface area contributed by atoms with E-state index in [9.17, 15) is 9.36 Å². The summed E-state index contributed by atoms with van der Waals surface area (Å²) in [5.74, 6) is 1.44. The van der Waals surface area contributed by atoms with Crippen molar-refractivity contribution in [1.29, 1.82) is 0 Å². The molecule has 2 saturated heterocycles. The van der Waals surface area contributed by atoms with Gasteiger partial charge in [-0.3, -0.25) is 9.05 Å². The Kier molecular flexibility index (Phi) is 13.3. The summed E-state index contributed by atoms with van der Waals surface area (Å²) in [6.07, 6.45) is 3.85. The Morgan fingerprint density at radius 2 is 1.42 bits per heavy atom. The maximum absolute atomic E-state index is 14.4. The number of hydrogen-bond acceptors (Lipinski definition) is 14. The summed E-state index contributed by atoms with van der Waals surface area (Å²) < 4.78 is 87.1. The minimum Gasteiger partial charge on any atom is -0.496 e. The van der Waals surface area contributed by atoms with Crippen molar-refractivity contribution in [2.75, 3.05) is 27.9 Å². The zero-order valence-electron chi connectivity index (χ0n) is 37.0. The fourth-order valence-corrected chi connectivity index (χ4v) is 12.1. The monoisotopic (exact) mass is 902 g/mol. The van der Waals surface area contributed by atoms with E-state index in [0.717, 1.165) is 28.7 Å². The van der Waals surface area contributed by atoms with Gasteiger partial charge in [0.1, 0.15) is 60.5 Å². The summed E-state index contributed by atoms with van der Waals surface area (Å²) in [7, 11) is -0.0442. The Hall–Kier alpha value is -3.01. The lowest BCUT2D eigenvalue weighted by Crippen LogP contribution is -2.63. The van der Waals surface area contributed by atoms with E-state index in [4.69, 9.17) is 67.8 Å². The number of esters is 1. The van der Waals surface area contributed by atoms with Crippen molar-refractivity contribution in [3.05, 3.63) is 69.8 Å². The van der Waals surface area contributed by atoms with Gasteiger partial charge >= 0.3 is 13.8 Å². The van der Waals surface area contributed by atoms with E-state index >= 15 is 0 Å². The molecular weight excluding hydrogens is 843 g/mol. The summed E-state index contributed by atoms with van der Waals surface area (Å²) in [6.45, 7) is 11.4. The Bertz CT molecular complexity index is 2010. The van der Waals surface area contributed by atoms with Crippen LogP contribution in [0.4, 0.5) is 0 Å². The molecule has 7 aliphatic rings. The number of carbonyl (C=O) groups excluding carboxylic acids is 1.